The van der Waals surface area contributed by atoms with Gasteiger partial charge in [0.25, 0.3) is 5.56 Å². The van der Waals surface area contributed by atoms with Gasteiger partial charge < -0.3 is 10.3 Å². The van der Waals surface area contributed by atoms with Gasteiger partial charge in [0.15, 0.2) is 0 Å². The highest BCUT2D eigenvalue weighted by molar-refractivity contribution is 9.10. The van der Waals surface area contributed by atoms with Crippen molar-refractivity contribution in [2.24, 2.45) is 0 Å². The highest BCUT2D eigenvalue weighted by Crippen LogP contribution is 2.29. The van der Waals surface area contributed by atoms with Gasteiger partial charge in [0.05, 0.1) is 5.39 Å². The molecule has 142 valence electrons. The summed E-state index contributed by atoms with van der Waals surface area (Å²) in [6, 6.07) is 16.8. The summed E-state index contributed by atoms with van der Waals surface area (Å²) in [6.07, 6.45) is 3.42. The first-order valence-corrected chi connectivity index (χ1v) is 10.1. The monoisotopic (exact) mass is 438 g/mol. The molecule has 0 aliphatic rings. The van der Waals surface area contributed by atoms with Crippen molar-refractivity contribution in [3.8, 4) is 0 Å². The van der Waals surface area contributed by atoms with Gasteiger partial charge in [-0.15, -0.1) is 0 Å². The second-order valence-corrected chi connectivity index (χ2v) is 7.79. The molecule has 4 rings (SSSR count). The SMILES string of the molecule is O=c1[nH]ccc2cc(CCNCCc3ccc(F)cc3)c3ccc(Br)cc3c12. The number of halogens is 2. The smallest absolute Gasteiger partial charge is 0.256 e. The molecule has 0 aliphatic carbocycles. The van der Waals surface area contributed by atoms with Gasteiger partial charge in [-0.05, 0) is 83.5 Å². The summed E-state index contributed by atoms with van der Waals surface area (Å²) in [5.41, 5.74) is 2.27. The predicted octanol–water partition coefficient (Wildman–Crippen LogP) is 4.96. The minimum absolute atomic E-state index is 0.0652. The van der Waals surface area contributed by atoms with E-state index in [1.165, 1.54) is 17.7 Å². The van der Waals surface area contributed by atoms with Crippen LogP contribution in [-0.4, -0.2) is 18.1 Å². The van der Waals surface area contributed by atoms with Gasteiger partial charge in [-0.3, -0.25) is 4.79 Å². The summed E-state index contributed by atoms with van der Waals surface area (Å²) in [7, 11) is 0. The molecule has 0 bridgehead atoms. The molecule has 0 saturated carbocycles. The van der Waals surface area contributed by atoms with Crippen LogP contribution in [0.15, 0.2) is 70.1 Å². The molecule has 3 aromatic carbocycles. The fourth-order valence-electron chi connectivity index (χ4n) is 3.60. The van der Waals surface area contributed by atoms with Crippen molar-refractivity contribution in [2.75, 3.05) is 13.1 Å². The number of rotatable bonds is 6. The summed E-state index contributed by atoms with van der Waals surface area (Å²) in [4.78, 5) is 15.1. The number of H-pyrrole nitrogens is 1. The van der Waals surface area contributed by atoms with Crippen molar-refractivity contribution >= 4 is 37.5 Å². The van der Waals surface area contributed by atoms with Crippen LogP contribution < -0.4 is 10.9 Å². The number of hydrogen-bond donors (Lipinski definition) is 2. The van der Waals surface area contributed by atoms with Crippen molar-refractivity contribution in [2.45, 2.75) is 12.8 Å². The molecule has 0 unspecified atom stereocenters. The lowest BCUT2D eigenvalue weighted by molar-refractivity contribution is 0.626. The van der Waals surface area contributed by atoms with E-state index in [4.69, 9.17) is 0 Å². The van der Waals surface area contributed by atoms with Gasteiger partial charge in [-0.2, -0.15) is 0 Å². The number of pyridine rings is 1. The molecule has 0 aliphatic heterocycles. The van der Waals surface area contributed by atoms with Crippen molar-refractivity contribution in [3.63, 3.8) is 0 Å². The third-order valence-electron chi connectivity index (χ3n) is 4.99. The Hall–Kier alpha value is -2.50. The maximum atomic E-state index is 13.0. The zero-order chi connectivity index (χ0) is 19.5. The van der Waals surface area contributed by atoms with Gasteiger partial charge in [0.1, 0.15) is 5.82 Å². The minimum atomic E-state index is -0.203. The maximum absolute atomic E-state index is 13.0. The zero-order valence-electron chi connectivity index (χ0n) is 15.3. The number of aromatic nitrogens is 1. The van der Waals surface area contributed by atoms with E-state index in [1.54, 1.807) is 6.20 Å². The van der Waals surface area contributed by atoms with Crippen LogP contribution >= 0.6 is 15.9 Å². The van der Waals surface area contributed by atoms with Crippen LogP contribution in [0.5, 0.6) is 0 Å². The molecule has 28 heavy (non-hydrogen) atoms. The van der Waals surface area contributed by atoms with Gasteiger partial charge in [-0.1, -0.05) is 40.2 Å². The molecular weight excluding hydrogens is 419 g/mol. The van der Waals surface area contributed by atoms with Crippen LogP contribution in [0.4, 0.5) is 4.39 Å². The Labute approximate surface area is 170 Å². The first-order chi connectivity index (χ1) is 13.6. The van der Waals surface area contributed by atoms with Crippen LogP contribution in [0.2, 0.25) is 0 Å². The summed E-state index contributed by atoms with van der Waals surface area (Å²) in [5.74, 6) is -0.203. The molecule has 0 saturated heterocycles. The highest BCUT2D eigenvalue weighted by atomic mass is 79.9. The second kappa shape index (κ2) is 8.25. The Morgan fingerprint density at radius 3 is 2.54 bits per heavy atom. The number of nitrogens with one attached hydrogen (secondary N) is 2. The minimum Gasteiger partial charge on any atom is -0.329 e. The van der Waals surface area contributed by atoms with Crippen molar-refractivity contribution in [3.05, 3.63) is 92.6 Å². The number of aromatic amines is 1. The fraction of sp³-hybridized carbons (Fsp3) is 0.174. The van der Waals surface area contributed by atoms with Gasteiger partial charge in [0.2, 0.25) is 0 Å². The van der Waals surface area contributed by atoms with E-state index in [9.17, 15) is 9.18 Å². The first-order valence-electron chi connectivity index (χ1n) is 9.29. The third kappa shape index (κ3) is 4.01. The molecule has 1 heterocycles. The molecule has 0 atom stereocenters. The van der Waals surface area contributed by atoms with Crippen LogP contribution in [0.1, 0.15) is 11.1 Å². The van der Waals surface area contributed by atoms with E-state index in [1.807, 2.05) is 30.3 Å². The average molecular weight is 439 g/mol. The van der Waals surface area contributed by atoms with Crippen LogP contribution in [0, 0.1) is 5.82 Å². The van der Waals surface area contributed by atoms with E-state index >= 15 is 0 Å². The standard InChI is InChI=1S/C23H20BrFN2O/c24-18-3-6-20-16(8-11-26-10-7-15-1-4-19(25)5-2-15)13-17-9-12-27-23(28)22(17)21(20)14-18/h1-6,9,12-14,26H,7-8,10-11H2,(H,27,28). The quantitative estimate of drug-likeness (QED) is 0.330. The van der Waals surface area contributed by atoms with Gasteiger partial charge in [0, 0.05) is 10.7 Å². The Bertz CT molecular complexity index is 1190. The summed E-state index contributed by atoms with van der Waals surface area (Å²) in [5, 5.41) is 7.22. The summed E-state index contributed by atoms with van der Waals surface area (Å²) < 4.78 is 13.9. The second-order valence-electron chi connectivity index (χ2n) is 6.87. The van der Waals surface area contributed by atoms with Gasteiger partial charge in [-0.25, -0.2) is 4.39 Å². The summed E-state index contributed by atoms with van der Waals surface area (Å²) >= 11 is 3.52. The van der Waals surface area contributed by atoms with Gasteiger partial charge >= 0.3 is 0 Å². The Morgan fingerprint density at radius 1 is 0.929 bits per heavy atom. The molecule has 2 N–H and O–H groups in total. The number of fused-ring (bicyclic) bond motifs is 3. The van der Waals surface area contributed by atoms with E-state index in [0.29, 0.717) is 0 Å². The third-order valence-corrected chi connectivity index (χ3v) is 5.49. The molecular formula is C23H20BrFN2O. The summed E-state index contributed by atoms with van der Waals surface area (Å²) in [6.45, 7) is 1.67. The number of hydrogen-bond acceptors (Lipinski definition) is 2. The first kappa shape index (κ1) is 18.8. The van der Waals surface area contributed by atoms with Crippen molar-refractivity contribution < 1.29 is 4.39 Å². The molecule has 4 aromatic rings. The van der Waals surface area contributed by atoms with Crippen molar-refractivity contribution in [1.29, 1.82) is 0 Å². The predicted molar refractivity (Wildman–Crippen MR) is 116 cm³/mol. The molecule has 0 radical (unpaired) electrons. The van der Waals surface area contributed by atoms with E-state index in [0.717, 1.165) is 57.5 Å². The van der Waals surface area contributed by atoms with E-state index < -0.39 is 0 Å². The lowest BCUT2D eigenvalue weighted by atomic mass is 9.96. The average Bonchev–Trinajstić information content (AvgIpc) is 2.69. The van der Waals surface area contributed by atoms with Crippen LogP contribution in [0.3, 0.4) is 0 Å². The Kier molecular flexibility index (Phi) is 5.55. The van der Waals surface area contributed by atoms with E-state index in [2.05, 4.69) is 38.4 Å². The van der Waals surface area contributed by atoms with Crippen LogP contribution in [-0.2, 0) is 12.8 Å². The van der Waals surface area contributed by atoms with E-state index in [-0.39, 0.29) is 11.4 Å². The zero-order valence-corrected chi connectivity index (χ0v) is 16.9. The molecule has 0 spiro atoms. The van der Waals surface area contributed by atoms with Crippen LogP contribution in [0.25, 0.3) is 21.5 Å². The highest BCUT2D eigenvalue weighted by Gasteiger charge is 2.10. The molecule has 1 aromatic heterocycles. The number of benzene rings is 3. The molecule has 3 nitrogen and oxygen atoms in total. The molecule has 0 amide bonds. The normalized spacial score (nSPS) is 11.4. The lowest BCUT2D eigenvalue weighted by Crippen LogP contribution is -2.20. The fourth-order valence-corrected chi connectivity index (χ4v) is 3.96. The lowest BCUT2D eigenvalue weighted by Gasteiger charge is -2.11. The largest absolute Gasteiger partial charge is 0.329 e. The Balaban J connectivity index is 1.51. The topological polar surface area (TPSA) is 44.9 Å². The van der Waals surface area contributed by atoms with Crippen molar-refractivity contribution in [1.82, 2.24) is 10.3 Å². The molecule has 0 fully saturated rings. The molecule has 5 heteroatoms. The Morgan fingerprint density at radius 2 is 1.71 bits per heavy atom. The maximum Gasteiger partial charge on any atom is 0.256 e.